The quantitative estimate of drug-likeness (QED) is 0.696. The van der Waals surface area contributed by atoms with Gasteiger partial charge in [-0.05, 0) is 40.1 Å². The van der Waals surface area contributed by atoms with Gasteiger partial charge in [-0.2, -0.15) is 0 Å². The third-order valence-electron chi connectivity index (χ3n) is 6.40. The monoisotopic (exact) mass is 416 g/mol. The van der Waals surface area contributed by atoms with E-state index in [9.17, 15) is 4.79 Å². The highest BCUT2D eigenvalue weighted by molar-refractivity contribution is 6.10. The topological polar surface area (TPSA) is 60.0 Å². The fraction of sp³-hybridized carbons (Fsp3) is 0.320. The highest BCUT2D eigenvalue weighted by Gasteiger charge is 2.38. The summed E-state index contributed by atoms with van der Waals surface area (Å²) in [7, 11) is 0. The molecular formula is C25H24N2O4. The van der Waals surface area contributed by atoms with Gasteiger partial charge in [0.15, 0.2) is 11.5 Å². The minimum atomic E-state index is 0.0599. The van der Waals surface area contributed by atoms with Crippen LogP contribution < -0.4 is 14.8 Å². The number of benzene rings is 3. The van der Waals surface area contributed by atoms with Gasteiger partial charge in [-0.25, -0.2) is 0 Å². The molecule has 0 aliphatic carbocycles. The van der Waals surface area contributed by atoms with Gasteiger partial charge >= 0.3 is 0 Å². The zero-order chi connectivity index (χ0) is 20.8. The highest BCUT2D eigenvalue weighted by atomic mass is 16.6. The van der Waals surface area contributed by atoms with Crippen molar-refractivity contribution >= 4 is 16.7 Å². The molecule has 2 saturated heterocycles. The largest absolute Gasteiger partial charge is 0.486 e. The maximum Gasteiger partial charge on any atom is 0.254 e. The van der Waals surface area contributed by atoms with Crippen molar-refractivity contribution in [1.29, 1.82) is 0 Å². The second-order valence-electron chi connectivity index (χ2n) is 8.24. The van der Waals surface area contributed by atoms with Crippen molar-refractivity contribution in [3.8, 4) is 22.6 Å². The van der Waals surface area contributed by atoms with Gasteiger partial charge in [0.05, 0.1) is 18.8 Å². The molecule has 0 bridgehead atoms. The van der Waals surface area contributed by atoms with Crippen LogP contribution in [-0.4, -0.2) is 62.4 Å². The van der Waals surface area contributed by atoms with E-state index >= 15 is 0 Å². The number of rotatable bonds is 2. The summed E-state index contributed by atoms with van der Waals surface area (Å²) >= 11 is 0. The maximum atomic E-state index is 13.4. The van der Waals surface area contributed by atoms with Crippen LogP contribution in [-0.2, 0) is 4.74 Å². The molecule has 0 radical (unpaired) electrons. The number of fused-ring (bicyclic) bond motifs is 3. The van der Waals surface area contributed by atoms with Gasteiger partial charge in [-0.15, -0.1) is 0 Å². The fourth-order valence-corrected chi connectivity index (χ4v) is 4.89. The number of nitrogens with one attached hydrogen (secondary N) is 1. The van der Waals surface area contributed by atoms with E-state index in [4.69, 9.17) is 14.2 Å². The van der Waals surface area contributed by atoms with E-state index in [0.29, 0.717) is 32.9 Å². The number of likely N-dealkylation sites (tertiary alicyclic amines) is 1. The van der Waals surface area contributed by atoms with Crippen molar-refractivity contribution < 1.29 is 19.0 Å². The number of ether oxygens (including phenoxy) is 3. The first kappa shape index (κ1) is 18.7. The molecule has 2 atom stereocenters. The molecule has 6 heteroatoms. The molecule has 3 aromatic carbocycles. The van der Waals surface area contributed by atoms with Gasteiger partial charge in [0.1, 0.15) is 13.2 Å². The molecule has 3 aliphatic rings. The maximum absolute atomic E-state index is 13.4. The van der Waals surface area contributed by atoms with Gasteiger partial charge in [-0.1, -0.05) is 36.4 Å². The van der Waals surface area contributed by atoms with Gasteiger partial charge in [0.2, 0.25) is 0 Å². The number of hydrogen-bond donors (Lipinski definition) is 1. The van der Waals surface area contributed by atoms with Crippen molar-refractivity contribution in [2.75, 3.05) is 39.5 Å². The number of nitrogens with zero attached hydrogens (tertiary/aromatic N) is 1. The molecule has 1 N–H and O–H groups in total. The molecule has 158 valence electrons. The molecule has 3 aromatic rings. The van der Waals surface area contributed by atoms with E-state index in [1.54, 1.807) is 0 Å². The molecule has 0 aromatic heterocycles. The Morgan fingerprint density at radius 3 is 2.65 bits per heavy atom. The van der Waals surface area contributed by atoms with Crippen LogP contribution in [0.3, 0.4) is 0 Å². The first-order valence-electron chi connectivity index (χ1n) is 10.8. The Kier molecular flexibility index (Phi) is 4.55. The van der Waals surface area contributed by atoms with Crippen molar-refractivity contribution in [3.63, 3.8) is 0 Å². The SMILES string of the molecule is O=C(c1cccc2c(-c3ccc4c(c3)OCCO4)cccc12)N1C[C@@H]2NCCO[C@H]2C1. The number of carbonyl (C=O) groups is 1. The zero-order valence-electron chi connectivity index (χ0n) is 17.2. The third-order valence-corrected chi connectivity index (χ3v) is 6.40. The lowest BCUT2D eigenvalue weighted by atomic mass is 9.95. The number of morpholine rings is 1. The standard InChI is InChI=1S/C25H24N2O4/c28-25(27-14-21-24(15-27)29-10-9-26-21)20-6-2-4-18-17(3-1-5-19(18)20)16-7-8-22-23(13-16)31-12-11-30-22/h1-8,13,21,24,26H,9-12,14-15H2/t21-,24-/m0/s1. The second-order valence-corrected chi connectivity index (χ2v) is 8.24. The van der Waals surface area contributed by atoms with Gasteiger partial charge in [-0.3, -0.25) is 4.79 Å². The van der Waals surface area contributed by atoms with Crippen molar-refractivity contribution in [1.82, 2.24) is 10.2 Å². The zero-order valence-corrected chi connectivity index (χ0v) is 17.2. The molecule has 0 unspecified atom stereocenters. The first-order valence-corrected chi connectivity index (χ1v) is 10.8. The predicted octanol–water partition coefficient (Wildman–Crippen LogP) is 3.09. The van der Waals surface area contributed by atoms with E-state index in [1.165, 1.54) is 0 Å². The van der Waals surface area contributed by atoms with Crippen LogP contribution in [0.1, 0.15) is 10.4 Å². The summed E-state index contributed by atoms with van der Waals surface area (Å²) in [5.74, 6) is 1.60. The highest BCUT2D eigenvalue weighted by Crippen LogP contribution is 2.37. The predicted molar refractivity (Wildman–Crippen MR) is 118 cm³/mol. The molecule has 6 rings (SSSR count). The van der Waals surface area contributed by atoms with Crippen LogP contribution in [0.25, 0.3) is 21.9 Å². The van der Waals surface area contributed by atoms with Crippen LogP contribution in [0.15, 0.2) is 54.6 Å². The van der Waals surface area contributed by atoms with Gasteiger partial charge in [0, 0.05) is 25.2 Å². The van der Waals surface area contributed by atoms with Crippen LogP contribution in [0.5, 0.6) is 11.5 Å². The molecule has 31 heavy (non-hydrogen) atoms. The molecule has 3 heterocycles. The third kappa shape index (κ3) is 3.23. The lowest BCUT2D eigenvalue weighted by molar-refractivity contribution is 0.0176. The minimum absolute atomic E-state index is 0.0599. The summed E-state index contributed by atoms with van der Waals surface area (Å²) in [6.45, 7) is 4.00. The molecule has 0 spiro atoms. The van der Waals surface area contributed by atoms with Gasteiger partial charge < -0.3 is 24.4 Å². The molecule has 1 amide bonds. The number of hydrogen-bond acceptors (Lipinski definition) is 5. The average molecular weight is 416 g/mol. The average Bonchev–Trinajstić information content (AvgIpc) is 3.27. The fourth-order valence-electron chi connectivity index (χ4n) is 4.89. The summed E-state index contributed by atoms with van der Waals surface area (Å²) in [5, 5.41) is 5.48. The van der Waals surface area contributed by atoms with Crippen molar-refractivity contribution in [2.45, 2.75) is 12.1 Å². The number of carbonyl (C=O) groups excluding carboxylic acids is 1. The Morgan fingerprint density at radius 1 is 0.903 bits per heavy atom. The smallest absolute Gasteiger partial charge is 0.254 e. The Balaban J connectivity index is 1.38. The lowest BCUT2D eigenvalue weighted by Crippen LogP contribution is -2.47. The summed E-state index contributed by atoms with van der Waals surface area (Å²) in [4.78, 5) is 15.4. The Bertz CT molecular complexity index is 1150. The summed E-state index contributed by atoms with van der Waals surface area (Å²) < 4.78 is 17.3. The Morgan fingerprint density at radius 2 is 1.74 bits per heavy atom. The van der Waals surface area contributed by atoms with Crippen LogP contribution in [0.4, 0.5) is 0 Å². The van der Waals surface area contributed by atoms with E-state index < -0.39 is 0 Å². The summed E-state index contributed by atoms with van der Waals surface area (Å²) in [5.41, 5.74) is 2.85. The molecule has 2 fully saturated rings. The molecular weight excluding hydrogens is 392 g/mol. The minimum Gasteiger partial charge on any atom is -0.486 e. The van der Waals surface area contributed by atoms with E-state index in [-0.39, 0.29) is 18.1 Å². The number of amides is 1. The molecule has 0 saturated carbocycles. The lowest BCUT2D eigenvalue weighted by Gasteiger charge is -2.25. The summed E-state index contributed by atoms with van der Waals surface area (Å²) in [6.07, 6.45) is 0.0842. The second kappa shape index (κ2) is 7.55. The normalized spacial score (nSPS) is 22.4. The molecule has 3 aliphatic heterocycles. The van der Waals surface area contributed by atoms with Crippen molar-refractivity contribution in [3.05, 3.63) is 60.2 Å². The Hall–Kier alpha value is -3.09. The van der Waals surface area contributed by atoms with Crippen LogP contribution in [0, 0.1) is 0 Å². The van der Waals surface area contributed by atoms with Crippen LogP contribution in [0.2, 0.25) is 0 Å². The first-order chi connectivity index (χ1) is 15.3. The molecule has 6 nitrogen and oxygen atoms in total. The van der Waals surface area contributed by atoms with Gasteiger partial charge in [0.25, 0.3) is 5.91 Å². The van der Waals surface area contributed by atoms with E-state index in [1.807, 2.05) is 47.4 Å². The Labute approximate surface area is 180 Å². The van der Waals surface area contributed by atoms with E-state index in [2.05, 4.69) is 17.4 Å². The van der Waals surface area contributed by atoms with Crippen molar-refractivity contribution in [2.24, 2.45) is 0 Å². The summed E-state index contributed by atoms with van der Waals surface area (Å²) in [6, 6.07) is 18.3. The van der Waals surface area contributed by atoms with Crippen LogP contribution >= 0.6 is 0 Å². The van der Waals surface area contributed by atoms with E-state index in [0.717, 1.165) is 45.5 Å².